The molecule has 0 saturated heterocycles. The Kier molecular flexibility index (Phi) is 2.18. The SMILES string of the molecule is NC(c1ccc2c3c(cccc13)CC2)C1CC2CC2C1. The van der Waals surface area contributed by atoms with Gasteiger partial charge in [-0.3, -0.25) is 0 Å². The molecule has 0 spiro atoms. The van der Waals surface area contributed by atoms with Crippen molar-refractivity contribution in [3.05, 3.63) is 47.0 Å². The van der Waals surface area contributed by atoms with Crippen LogP contribution in [0.5, 0.6) is 0 Å². The predicted octanol–water partition coefficient (Wildman–Crippen LogP) is 3.98. The monoisotopic (exact) mass is 263 g/mol. The van der Waals surface area contributed by atoms with E-state index in [4.69, 9.17) is 5.73 Å². The molecule has 1 heteroatoms. The molecule has 5 rings (SSSR count). The van der Waals surface area contributed by atoms with Crippen LogP contribution in [0.25, 0.3) is 10.8 Å². The molecule has 2 aromatic rings. The Labute approximate surface area is 120 Å². The third-order valence-corrected chi connectivity index (χ3v) is 6.06. The van der Waals surface area contributed by atoms with E-state index in [-0.39, 0.29) is 6.04 Å². The molecule has 0 bridgehead atoms. The van der Waals surface area contributed by atoms with Crippen molar-refractivity contribution in [2.45, 2.75) is 38.1 Å². The van der Waals surface area contributed by atoms with Gasteiger partial charge in [0, 0.05) is 6.04 Å². The van der Waals surface area contributed by atoms with Gasteiger partial charge in [-0.2, -0.15) is 0 Å². The molecule has 0 aliphatic heterocycles. The Morgan fingerprint density at radius 3 is 2.45 bits per heavy atom. The maximum Gasteiger partial charge on any atom is 0.0329 e. The van der Waals surface area contributed by atoms with E-state index >= 15 is 0 Å². The number of rotatable bonds is 2. The molecular weight excluding hydrogens is 242 g/mol. The van der Waals surface area contributed by atoms with Gasteiger partial charge in [-0.25, -0.2) is 0 Å². The second-order valence-electron chi connectivity index (χ2n) is 7.17. The fraction of sp³-hybridized carbons (Fsp3) is 0.474. The van der Waals surface area contributed by atoms with E-state index in [9.17, 15) is 0 Å². The molecule has 0 amide bonds. The van der Waals surface area contributed by atoms with Crippen LogP contribution in [0, 0.1) is 17.8 Å². The molecule has 3 aliphatic carbocycles. The van der Waals surface area contributed by atoms with E-state index in [1.54, 1.807) is 0 Å². The summed E-state index contributed by atoms with van der Waals surface area (Å²) in [5, 5.41) is 2.95. The van der Waals surface area contributed by atoms with Crippen LogP contribution in [0.4, 0.5) is 0 Å². The van der Waals surface area contributed by atoms with Crippen LogP contribution >= 0.6 is 0 Å². The zero-order chi connectivity index (χ0) is 13.3. The number of hydrogen-bond donors (Lipinski definition) is 1. The summed E-state index contributed by atoms with van der Waals surface area (Å²) < 4.78 is 0. The molecule has 20 heavy (non-hydrogen) atoms. The van der Waals surface area contributed by atoms with Crippen LogP contribution in [0.1, 0.15) is 42.0 Å². The third kappa shape index (κ3) is 1.47. The lowest BCUT2D eigenvalue weighted by Crippen LogP contribution is -2.20. The van der Waals surface area contributed by atoms with Crippen LogP contribution < -0.4 is 5.73 Å². The minimum absolute atomic E-state index is 0.243. The summed E-state index contributed by atoms with van der Waals surface area (Å²) in [5.74, 6) is 2.75. The highest BCUT2D eigenvalue weighted by atomic mass is 14.7. The number of nitrogens with two attached hydrogens (primary N) is 1. The summed E-state index contributed by atoms with van der Waals surface area (Å²) in [5.41, 5.74) is 11.1. The van der Waals surface area contributed by atoms with Gasteiger partial charge in [0.15, 0.2) is 0 Å². The van der Waals surface area contributed by atoms with Gasteiger partial charge in [0.2, 0.25) is 0 Å². The van der Waals surface area contributed by atoms with Crippen molar-refractivity contribution in [3.8, 4) is 0 Å². The topological polar surface area (TPSA) is 26.0 Å². The lowest BCUT2D eigenvalue weighted by Gasteiger charge is -2.23. The smallest absolute Gasteiger partial charge is 0.0329 e. The van der Waals surface area contributed by atoms with E-state index in [0.29, 0.717) is 0 Å². The van der Waals surface area contributed by atoms with Crippen molar-refractivity contribution in [2.24, 2.45) is 23.5 Å². The highest BCUT2D eigenvalue weighted by Crippen LogP contribution is 2.57. The molecule has 3 unspecified atom stereocenters. The molecule has 2 saturated carbocycles. The molecule has 0 radical (unpaired) electrons. The predicted molar refractivity (Wildman–Crippen MR) is 82.6 cm³/mol. The van der Waals surface area contributed by atoms with Crippen molar-refractivity contribution < 1.29 is 0 Å². The van der Waals surface area contributed by atoms with Crippen molar-refractivity contribution in [3.63, 3.8) is 0 Å². The normalized spacial score (nSPS) is 31.6. The molecule has 102 valence electrons. The van der Waals surface area contributed by atoms with E-state index < -0.39 is 0 Å². The van der Waals surface area contributed by atoms with E-state index in [0.717, 1.165) is 17.8 Å². The molecule has 3 aliphatic rings. The highest BCUT2D eigenvalue weighted by Gasteiger charge is 2.47. The lowest BCUT2D eigenvalue weighted by atomic mass is 9.86. The van der Waals surface area contributed by atoms with Crippen molar-refractivity contribution in [1.29, 1.82) is 0 Å². The first-order chi connectivity index (χ1) is 9.81. The zero-order valence-electron chi connectivity index (χ0n) is 11.8. The van der Waals surface area contributed by atoms with Gasteiger partial charge in [0.25, 0.3) is 0 Å². The molecule has 0 heterocycles. The standard InChI is InChI=1S/C19H21N/c20-19(15-9-13-8-14(13)10-15)17-7-6-12-5-4-11-2-1-3-16(17)18(11)12/h1-3,6-7,13-15,19H,4-5,8-10,20H2. The average molecular weight is 263 g/mol. The first-order valence-electron chi connectivity index (χ1n) is 8.10. The summed E-state index contributed by atoms with van der Waals surface area (Å²) in [7, 11) is 0. The quantitative estimate of drug-likeness (QED) is 0.871. The number of benzene rings is 2. The van der Waals surface area contributed by atoms with E-state index in [1.807, 2.05) is 0 Å². The molecule has 2 fully saturated rings. The molecule has 3 atom stereocenters. The van der Waals surface area contributed by atoms with Gasteiger partial charge in [-0.1, -0.05) is 30.3 Å². The minimum atomic E-state index is 0.243. The van der Waals surface area contributed by atoms with E-state index in [1.165, 1.54) is 59.6 Å². The van der Waals surface area contributed by atoms with Gasteiger partial charge in [-0.05, 0) is 77.3 Å². The minimum Gasteiger partial charge on any atom is -0.324 e. The molecule has 2 N–H and O–H groups in total. The van der Waals surface area contributed by atoms with Gasteiger partial charge >= 0.3 is 0 Å². The van der Waals surface area contributed by atoms with Gasteiger partial charge in [0.05, 0.1) is 0 Å². The molecule has 1 nitrogen and oxygen atoms in total. The van der Waals surface area contributed by atoms with Crippen LogP contribution in [0.2, 0.25) is 0 Å². The second-order valence-corrected chi connectivity index (χ2v) is 7.17. The number of aryl methyl sites for hydroxylation is 2. The summed E-state index contributed by atoms with van der Waals surface area (Å²) in [6.07, 6.45) is 6.63. The molecule has 0 aromatic heterocycles. The van der Waals surface area contributed by atoms with Gasteiger partial charge in [0.1, 0.15) is 0 Å². The fourth-order valence-electron chi connectivity index (χ4n) is 4.87. The maximum absolute atomic E-state index is 6.67. The zero-order valence-corrected chi connectivity index (χ0v) is 11.8. The summed E-state index contributed by atoms with van der Waals surface area (Å²) in [6.45, 7) is 0. The lowest BCUT2D eigenvalue weighted by molar-refractivity contribution is 0.406. The van der Waals surface area contributed by atoms with Crippen molar-refractivity contribution in [1.82, 2.24) is 0 Å². The summed E-state index contributed by atoms with van der Waals surface area (Å²) in [4.78, 5) is 0. The molecule has 2 aromatic carbocycles. The largest absolute Gasteiger partial charge is 0.324 e. The Morgan fingerprint density at radius 2 is 1.65 bits per heavy atom. The summed E-state index contributed by atoms with van der Waals surface area (Å²) in [6, 6.07) is 11.7. The van der Waals surface area contributed by atoms with E-state index in [2.05, 4.69) is 30.3 Å². The van der Waals surface area contributed by atoms with Gasteiger partial charge in [-0.15, -0.1) is 0 Å². The first-order valence-corrected chi connectivity index (χ1v) is 8.10. The second kappa shape index (κ2) is 3.85. The maximum atomic E-state index is 6.67. The van der Waals surface area contributed by atoms with Crippen LogP contribution in [-0.4, -0.2) is 0 Å². The Morgan fingerprint density at radius 1 is 0.900 bits per heavy atom. The van der Waals surface area contributed by atoms with Gasteiger partial charge < -0.3 is 5.73 Å². The average Bonchev–Trinajstić information content (AvgIpc) is 2.90. The first kappa shape index (κ1) is 11.3. The molecular formula is C19H21N. The number of fused-ring (bicyclic) bond motifs is 1. The Bertz CT molecular complexity index is 682. The highest BCUT2D eigenvalue weighted by molar-refractivity contribution is 5.93. The van der Waals surface area contributed by atoms with Crippen molar-refractivity contribution >= 4 is 10.8 Å². The van der Waals surface area contributed by atoms with Crippen LogP contribution in [0.15, 0.2) is 30.3 Å². The fourth-order valence-corrected chi connectivity index (χ4v) is 4.87. The Balaban J connectivity index is 1.62. The number of hydrogen-bond acceptors (Lipinski definition) is 1. The Hall–Kier alpha value is -1.34. The van der Waals surface area contributed by atoms with Crippen LogP contribution in [-0.2, 0) is 12.8 Å². The summed E-state index contributed by atoms with van der Waals surface area (Å²) >= 11 is 0. The van der Waals surface area contributed by atoms with Crippen molar-refractivity contribution in [2.75, 3.05) is 0 Å². The van der Waals surface area contributed by atoms with Crippen LogP contribution in [0.3, 0.4) is 0 Å². The third-order valence-electron chi connectivity index (χ3n) is 6.06.